The summed E-state index contributed by atoms with van der Waals surface area (Å²) in [7, 11) is 0. The second-order valence-corrected chi connectivity index (χ2v) is 12.6. The monoisotopic (exact) mass is 606 g/mol. The van der Waals surface area contributed by atoms with E-state index in [1.54, 1.807) is 20.8 Å². The van der Waals surface area contributed by atoms with Gasteiger partial charge in [-0.2, -0.15) is 0 Å². The van der Waals surface area contributed by atoms with E-state index in [0.717, 1.165) is 38.2 Å². The number of hydrogen-bond donors (Lipinski definition) is 4. The molecule has 236 valence electrons. The Bertz CT molecular complexity index is 1240. The van der Waals surface area contributed by atoms with Crippen LogP contribution in [0.3, 0.4) is 0 Å². The number of rotatable bonds is 10. The molecule has 4 N–H and O–H groups in total. The molecule has 1 saturated heterocycles. The van der Waals surface area contributed by atoms with Crippen LogP contribution in [0, 0.1) is 11.8 Å². The predicted octanol–water partition coefficient (Wildman–Crippen LogP) is 2.96. The zero-order chi connectivity index (χ0) is 31.4. The third-order valence-electron chi connectivity index (χ3n) is 7.84. The minimum atomic E-state index is -3.85. The van der Waals surface area contributed by atoms with E-state index >= 15 is 0 Å². The molecule has 1 aromatic rings. The van der Waals surface area contributed by atoms with Crippen molar-refractivity contribution in [2.75, 3.05) is 6.54 Å². The lowest BCUT2D eigenvalue weighted by atomic mass is 9.84. The highest BCUT2D eigenvalue weighted by Gasteiger charge is 2.44. The van der Waals surface area contributed by atoms with Crippen LogP contribution < -0.4 is 30.7 Å². The number of carbonyl (C=O) groups is 5. The molecule has 2 fully saturated rings. The molecule has 0 unspecified atom stereocenters. The average Bonchev–Trinajstić information content (AvgIpc) is 3.25. The van der Waals surface area contributed by atoms with Gasteiger partial charge in [0.25, 0.3) is 11.8 Å². The van der Waals surface area contributed by atoms with E-state index in [1.807, 2.05) is 0 Å². The van der Waals surface area contributed by atoms with Gasteiger partial charge >= 0.3 is 6.29 Å². The minimum Gasteiger partial charge on any atom is -0.395 e. The van der Waals surface area contributed by atoms with Crippen molar-refractivity contribution >= 4 is 29.4 Å². The van der Waals surface area contributed by atoms with Crippen molar-refractivity contribution in [1.82, 2.24) is 21.3 Å². The Kier molecular flexibility index (Phi) is 9.91. The smallest absolute Gasteiger partial charge is 0.395 e. The Morgan fingerprint density at radius 3 is 2.33 bits per heavy atom. The Balaban J connectivity index is 1.54. The van der Waals surface area contributed by atoms with Crippen molar-refractivity contribution in [3.63, 3.8) is 0 Å². The second kappa shape index (κ2) is 13.3. The molecule has 1 saturated carbocycles. The summed E-state index contributed by atoms with van der Waals surface area (Å²) < 4.78 is 35.8. The quantitative estimate of drug-likeness (QED) is 0.299. The molecule has 1 aromatic carbocycles. The van der Waals surface area contributed by atoms with Gasteiger partial charge in [-0.15, -0.1) is 8.78 Å². The van der Waals surface area contributed by atoms with Crippen LogP contribution in [0.5, 0.6) is 11.5 Å². The summed E-state index contributed by atoms with van der Waals surface area (Å²) in [5.41, 5.74) is -0.743. The van der Waals surface area contributed by atoms with Crippen molar-refractivity contribution in [2.24, 2.45) is 11.8 Å². The number of Topliss-reactive ketones (excluding diaryl/α,β-unsaturated/α-hetero) is 1. The molecule has 0 spiro atoms. The Morgan fingerprint density at radius 2 is 1.65 bits per heavy atom. The standard InChI is InChI=1S/C30H40F2N4O7/c1-29(2,3)36-28(41)24(37)20(15-18-10-7-13-33-25(18)38)34-27(40)21(14-17-8-5-4-6-9-17)35-26(39)19-11-12-22-23(16-19)43-30(31,32)42-22/h11-12,16-18,20-21H,4-10,13-15H2,1-3H3,(H,33,38)(H,34,40)(H,35,39)(H,36,41)/t18-,20-,21-/m0/s1. The number of carbonyl (C=O) groups excluding carboxylic acids is 5. The SMILES string of the molecule is CC(C)(C)NC(=O)C(=O)[C@H](C[C@@H]1CCCNC1=O)NC(=O)[C@H](CC1CCCCC1)NC(=O)c1ccc2c(c1)OC(F)(F)O2. The van der Waals surface area contributed by atoms with Crippen LogP contribution in [0.25, 0.3) is 0 Å². The number of piperidine rings is 1. The van der Waals surface area contributed by atoms with Crippen molar-refractivity contribution in [3.05, 3.63) is 23.8 Å². The van der Waals surface area contributed by atoms with Crippen LogP contribution in [-0.4, -0.2) is 59.9 Å². The molecule has 43 heavy (non-hydrogen) atoms. The van der Waals surface area contributed by atoms with Crippen LogP contribution in [0.15, 0.2) is 18.2 Å². The molecule has 0 bridgehead atoms. The number of hydrogen-bond acceptors (Lipinski definition) is 7. The summed E-state index contributed by atoms with van der Waals surface area (Å²) in [4.78, 5) is 65.7. The summed E-state index contributed by atoms with van der Waals surface area (Å²) in [6.07, 6.45) is 2.30. The highest BCUT2D eigenvalue weighted by atomic mass is 19.3. The molecule has 11 nitrogen and oxygen atoms in total. The highest BCUT2D eigenvalue weighted by Crippen LogP contribution is 2.41. The van der Waals surface area contributed by atoms with E-state index in [1.165, 1.54) is 12.1 Å². The van der Waals surface area contributed by atoms with Crippen LogP contribution in [-0.2, 0) is 19.2 Å². The number of halogens is 2. The molecule has 1 aliphatic carbocycles. The highest BCUT2D eigenvalue weighted by molar-refractivity contribution is 6.38. The van der Waals surface area contributed by atoms with Gasteiger partial charge in [0.05, 0.1) is 6.04 Å². The van der Waals surface area contributed by atoms with Gasteiger partial charge in [0.2, 0.25) is 17.6 Å². The number of ketones is 1. The molecule has 3 atom stereocenters. The number of nitrogens with one attached hydrogen (secondary N) is 4. The maximum Gasteiger partial charge on any atom is 0.586 e. The first-order valence-electron chi connectivity index (χ1n) is 14.9. The van der Waals surface area contributed by atoms with E-state index in [9.17, 15) is 32.8 Å². The van der Waals surface area contributed by atoms with E-state index < -0.39 is 53.3 Å². The van der Waals surface area contributed by atoms with Crippen molar-refractivity contribution in [2.45, 2.75) is 102 Å². The van der Waals surface area contributed by atoms with E-state index in [4.69, 9.17) is 0 Å². The van der Waals surface area contributed by atoms with Crippen LogP contribution in [0.1, 0.15) is 88.9 Å². The number of amides is 4. The average molecular weight is 607 g/mol. The van der Waals surface area contributed by atoms with Crippen LogP contribution in [0.2, 0.25) is 0 Å². The summed E-state index contributed by atoms with van der Waals surface area (Å²) in [6, 6.07) is 1.16. The molecule has 4 rings (SSSR count). The normalized spacial score (nSPS) is 21.2. The third kappa shape index (κ3) is 8.87. The molecule has 2 heterocycles. The Hall–Kier alpha value is -3.77. The lowest BCUT2D eigenvalue weighted by Crippen LogP contribution is -2.56. The van der Waals surface area contributed by atoms with Gasteiger partial charge in [-0.1, -0.05) is 32.1 Å². The van der Waals surface area contributed by atoms with Gasteiger partial charge < -0.3 is 30.7 Å². The second-order valence-electron chi connectivity index (χ2n) is 12.6. The first-order valence-corrected chi connectivity index (χ1v) is 14.9. The minimum absolute atomic E-state index is 0.0300. The molecule has 13 heteroatoms. The molecule has 4 amide bonds. The summed E-state index contributed by atoms with van der Waals surface area (Å²) in [5, 5.41) is 10.7. The topological polar surface area (TPSA) is 152 Å². The third-order valence-corrected chi connectivity index (χ3v) is 7.84. The van der Waals surface area contributed by atoms with Gasteiger partial charge in [-0.25, -0.2) is 0 Å². The molecular weight excluding hydrogens is 566 g/mol. The van der Waals surface area contributed by atoms with Crippen molar-refractivity contribution in [3.8, 4) is 11.5 Å². The van der Waals surface area contributed by atoms with Gasteiger partial charge in [0.15, 0.2) is 11.5 Å². The molecule has 0 aromatic heterocycles. The van der Waals surface area contributed by atoms with E-state index in [-0.39, 0.29) is 41.7 Å². The number of benzene rings is 1. The fraction of sp³-hybridized carbons (Fsp3) is 0.633. The Labute approximate surface area is 249 Å². The number of fused-ring (bicyclic) bond motifs is 1. The summed E-state index contributed by atoms with van der Waals surface area (Å²) >= 11 is 0. The van der Waals surface area contributed by atoms with Crippen LogP contribution in [0.4, 0.5) is 8.78 Å². The lowest BCUT2D eigenvalue weighted by Gasteiger charge is -2.30. The molecule has 2 aliphatic heterocycles. The number of ether oxygens (including phenoxy) is 2. The summed E-state index contributed by atoms with van der Waals surface area (Å²) in [6.45, 7) is 5.66. The fourth-order valence-corrected chi connectivity index (χ4v) is 5.73. The van der Waals surface area contributed by atoms with Gasteiger partial charge in [-0.3, -0.25) is 24.0 Å². The van der Waals surface area contributed by atoms with Crippen molar-refractivity contribution in [1.29, 1.82) is 0 Å². The van der Waals surface area contributed by atoms with Crippen LogP contribution >= 0.6 is 0 Å². The first-order chi connectivity index (χ1) is 20.2. The maximum absolute atomic E-state index is 13.7. The van der Waals surface area contributed by atoms with Gasteiger partial charge in [-0.05, 0) is 70.6 Å². The molecule has 0 radical (unpaired) electrons. The molecular formula is C30H40F2N4O7. The van der Waals surface area contributed by atoms with E-state index in [0.29, 0.717) is 19.4 Å². The molecule has 3 aliphatic rings. The zero-order valence-electron chi connectivity index (χ0n) is 24.7. The maximum atomic E-state index is 13.7. The fourth-order valence-electron chi connectivity index (χ4n) is 5.73. The van der Waals surface area contributed by atoms with Gasteiger partial charge in [0.1, 0.15) is 6.04 Å². The first kappa shape index (κ1) is 32.2. The zero-order valence-corrected chi connectivity index (χ0v) is 24.7. The summed E-state index contributed by atoms with van der Waals surface area (Å²) in [5.74, 6) is -4.41. The predicted molar refractivity (Wildman–Crippen MR) is 150 cm³/mol. The van der Waals surface area contributed by atoms with Crippen molar-refractivity contribution < 1.29 is 42.2 Å². The Morgan fingerprint density at radius 1 is 0.953 bits per heavy atom. The lowest BCUT2D eigenvalue weighted by molar-refractivity contribution is -0.286. The van der Waals surface area contributed by atoms with Gasteiger partial charge in [0, 0.05) is 23.6 Å². The van der Waals surface area contributed by atoms with E-state index in [2.05, 4.69) is 30.7 Å². The number of alkyl halides is 2. The largest absolute Gasteiger partial charge is 0.586 e.